The van der Waals surface area contributed by atoms with Crippen molar-refractivity contribution in [2.24, 2.45) is 0 Å². The van der Waals surface area contributed by atoms with Gasteiger partial charge in [0, 0.05) is 11.1 Å². The molecule has 0 bridgehead atoms. The van der Waals surface area contributed by atoms with Crippen LogP contribution < -0.4 is 15.0 Å². The molecule has 5 rings (SSSR count). The highest BCUT2D eigenvalue weighted by Crippen LogP contribution is 2.32. The Morgan fingerprint density at radius 3 is 2.97 bits per heavy atom. The number of ether oxygens (including phenoxy) is 2. The number of carbonyl (C=O) groups excluding carboxylic acids is 2. The van der Waals surface area contributed by atoms with E-state index in [4.69, 9.17) is 21.1 Å². The molecule has 3 heterocycles. The zero-order valence-corrected chi connectivity index (χ0v) is 18.6. The average molecular weight is 457 g/mol. The molecular weight excluding hydrogens is 432 g/mol. The van der Waals surface area contributed by atoms with Crippen molar-refractivity contribution in [1.29, 1.82) is 0 Å². The molecule has 9 heteroatoms. The number of anilines is 2. The highest BCUT2D eigenvalue weighted by Gasteiger charge is 2.34. The molecule has 2 unspecified atom stereocenters. The van der Waals surface area contributed by atoms with Crippen LogP contribution in [-0.4, -0.2) is 60.8 Å². The van der Waals surface area contributed by atoms with Gasteiger partial charge in [0.15, 0.2) is 18.2 Å². The second-order valence-corrected chi connectivity index (χ2v) is 8.94. The maximum atomic E-state index is 12.4. The maximum absolute atomic E-state index is 12.4. The molecule has 1 saturated heterocycles. The molecule has 32 heavy (non-hydrogen) atoms. The number of halogens is 1. The average Bonchev–Trinajstić information content (AvgIpc) is 3.37. The lowest BCUT2D eigenvalue weighted by Crippen LogP contribution is -2.33. The van der Waals surface area contributed by atoms with Crippen LogP contribution in [0.3, 0.4) is 0 Å². The number of carbonyl (C=O) groups is 2. The summed E-state index contributed by atoms with van der Waals surface area (Å²) in [5.41, 5.74) is 2.61. The Morgan fingerprint density at radius 2 is 2.12 bits per heavy atom. The summed E-state index contributed by atoms with van der Waals surface area (Å²) in [6.07, 6.45) is 3.09. The molecule has 0 radical (unpaired) electrons. The normalized spacial score (nSPS) is 21.8. The molecular formula is C23H25ClN4O4. The Balaban J connectivity index is 1.13. The van der Waals surface area contributed by atoms with Gasteiger partial charge in [-0.1, -0.05) is 23.7 Å². The molecule has 1 aromatic carbocycles. The van der Waals surface area contributed by atoms with Crippen molar-refractivity contribution in [1.82, 2.24) is 9.88 Å². The van der Waals surface area contributed by atoms with E-state index in [1.807, 2.05) is 12.1 Å². The molecule has 1 N–H and O–H groups in total. The Kier molecular flexibility index (Phi) is 5.65. The summed E-state index contributed by atoms with van der Waals surface area (Å²) in [5.74, 6) is 1.01. The number of fused-ring (bicyclic) bond motifs is 2. The predicted molar refractivity (Wildman–Crippen MR) is 120 cm³/mol. The van der Waals surface area contributed by atoms with E-state index in [-0.39, 0.29) is 18.6 Å². The van der Waals surface area contributed by atoms with E-state index in [2.05, 4.69) is 28.3 Å². The van der Waals surface area contributed by atoms with Crippen LogP contribution in [0.15, 0.2) is 30.3 Å². The van der Waals surface area contributed by atoms with Crippen LogP contribution in [0.4, 0.5) is 16.4 Å². The minimum atomic E-state index is -0.417. The van der Waals surface area contributed by atoms with E-state index in [0.29, 0.717) is 30.0 Å². The first-order valence-electron chi connectivity index (χ1n) is 10.9. The first-order chi connectivity index (χ1) is 15.5. The molecule has 0 saturated carbocycles. The fraction of sp³-hybridized carbons (Fsp3) is 0.435. The van der Waals surface area contributed by atoms with Gasteiger partial charge in [-0.05, 0) is 68.6 Å². The van der Waals surface area contributed by atoms with Crippen LogP contribution in [0, 0.1) is 0 Å². The zero-order valence-electron chi connectivity index (χ0n) is 17.8. The SMILES string of the molecule is CN(CCCC1CN(c2ccc3c(n2)NC(=O)CO3)C(=O)O1)C1Cc2cccc(Cl)c2C1. The molecule has 1 aromatic heterocycles. The van der Waals surface area contributed by atoms with Gasteiger partial charge in [-0.25, -0.2) is 9.78 Å². The summed E-state index contributed by atoms with van der Waals surface area (Å²) in [6, 6.07) is 10.00. The standard InChI is InChI=1S/C23H25ClN4O4/c1-27(15-10-14-4-2-6-18(24)17(14)11-15)9-3-5-16-12-28(23(30)32-16)20-8-7-19-22(25-20)26-21(29)13-31-19/h2,4,6-8,15-16H,3,5,9-13H2,1H3,(H,25,26,29). The largest absolute Gasteiger partial charge is 0.480 e. The summed E-state index contributed by atoms with van der Waals surface area (Å²) in [7, 11) is 2.14. The molecule has 8 nitrogen and oxygen atoms in total. The number of nitrogens with one attached hydrogen (secondary N) is 1. The molecule has 0 spiro atoms. The summed E-state index contributed by atoms with van der Waals surface area (Å²) in [6.45, 7) is 1.33. The minimum Gasteiger partial charge on any atom is -0.480 e. The van der Waals surface area contributed by atoms with E-state index in [1.165, 1.54) is 16.0 Å². The van der Waals surface area contributed by atoms with E-state index in [0.717, 1.165) is 37.3 Å². The fourth-order valence-electron chi connectivity index (χ4n) is 4.61. The smallest absolute Gasteiger partial charge is 0.415 e. The first kappa shape index (κ1) is 21.0. The van der Waals surface area contributed by atoms with Crippen molar-refractivity contribution < 1.29 is 19.1 Å². The number of likely N-dealkylation sites (N-methyl/N-ethyl adjacent to an activating group) is 1. The zero-order chi connectivity index (χ0) is 22.2. The second-order valence-electron chi connectivity index (χ2n) is 8.53. The summed E-state index contributed by atoms with van der Waals surface area (Å²) in [5, 5.41) is 3.53. The van der Waals surface area contributed by atoms with Crippen molar-refractivity contribution in [2.45, 2.75) is 37.8 Å². The molecule has 2 atom stereocenters. The first-order valence-corrected chi connectivity index (χ1v) is 11.2. The number of amides is 2. The lowest BCUT2D eigenvalue weighted by molar-refractivity contribution is -0.118. The van der Waals surface area contributed by atoms with Crippen LogP contribution in [0.25, 0.3) is 0 Å². The number of pyridine rings is 1. The molecule has 2 amide bonds. The lowest BCUT2D eigenvalue weighted by Gasteiger charge is -2.24. The summed E-state index contributed by atoms with van der Waals surface area (Å²) >= 11 is 6.35. The molecule has 168 valence electrons. The number of cyclic esters (lactones) is 1. The van der Waals surface area contributed by atoms with E-state index in [9.17, 15) is 9.59 Å². The monoisotopic (exact) mass is 456 g/mol. The van der Waals surface area contributed by atoms with Gasteiger partial charge in [0.2, 0.25) is 0 Å². The lowest BCUT2D eigenvalue weighted by atomic mass is 10.1. The van der Waals surface area contributed by atoms with Gasteiger partial charge in [0.05, 0.1) is 6.54 Å². The summed E-state index contributed by atoms with van der Waals surface area (Å²) in [4.78, 5) is 32.2. The Hall–Kier alpha value is -2.84. The third-order valence-corrected chi connectivity index (χ3v) is 6.74. The highest BCUT2D eigenvalue weighted by molar-refractivity contribution is 6.31. The van der Waals surface area contributed by atoms with Gasteiger partial charge in [-0.15, -0.1) is 0 Å². The predicted octanol–water partition coefficient (Wildman–Crippen LogP) is 3.27. The number of aromatic nitrogens is 1. The molecule has 3 aliphatic rings. The van der Waals surface area contributed by atoms with Crippen LogP contribution in [0.2, 0.25) is 5.02 Å². The Labute approximate surface area is 191 Å². The van der Waals surface area contributed by atoms with Gasteiger partial charge in [-0.2, -0.15) is 0 Å². The Bertz CT molecular complexity index is 1060. The van der Waals surface area contributed by atoms with E-state index in [1.54, 1.807) is 12.1 Å². The van der Waals surface area contributed by atoms with Crippen LogP contribution in [-0.2, 0) is 22.4 Å². The molecule has 1 aliphatic carbocycles. The number of nitrogens with zero attached hydrogens (tertiary/aromatic N) is 3. The number of hydrogen-bond donors (Lipinski definition) is 1. The topological polar surface area (TPSA) is 84.0 Å². The van der Waals surface area contributed by atoms with Crippen molar-refractivity contribution in [3.05, 3.63) is 46.5 Å². The number of benzene rings is 1. The number of hydrogen-bond acceptors (Lipinski definition) is 6. The van der Waals surface area contributed by atoms with Crippen molar-refractivity contribution in [3.63, 3.8) is 0 Å². The van der Waals surface area contributed by atoms with Gasteiger partial charge in [0.1, 0.15) is 11.9 Å². The minimum absolute atomic E-state index is 0.0315. The van der Waals surface area contributed by atoms with Crippen molar-refractivity contribution >= 4 is 35.2 Å². The third kappa shape index (κ3) is 4.12. The van der Waals surface area contributed by atoms with Gasteiger partial charge >= 0.3 is 6.09 Å². The van der Waals surface area contributed by atoms with Crippen molar-refractivity contribution in [2.75, 3.05) is 37.0 Å². The molecule has 2 aromatic rings. The molecule has 1 fully saturated rings. The summed E-state index contributed by atoms with van der Waals surface area (Å²) < 4.78 is 10.9. The van der Waals surface area contributed by atoms with Gasteiger partial charge in [0.25, 0.3) is 5.91 Å². The van der Waals surface area contributed by atoms with E-state index >= 15 is 0 Å². The van der Waals surface area contributed by atoms with E-state index < -0.39 is 6.09 Å². The fourth-order valence-corrected chi connectivity index (χ4v) is 4.88. The van der Waals surface area contributed by atoms with Crippen LogP contribution >= 0.6 is 11.6 Å². The highest BCUT2D eigenvalue weighted by atomic mass is 35.5. The van der Waals surface area contributed by atoms with Crippen LogP contribution in [0.1, 0.15) is 24.0 Å². The second kappa shape index (κ2) is 8.60. The number of rotatable bonds is 6. The van der Waals surface area contributed by atoms with Crippen LogP contribution in [0.5, 0.6) is 5.75 Å². The van der Waals surface area contributed by atoms with Gasteiger partial charge < -0.3 is 19.7 Å². The van der Waals surface area contributed by atoms with Crippen molar-refractivity contribution in [3.8, 4) is 5.75 Å². The van der Waals surface area contributed by atoms with Gasteiger partial charge in [-0.3, -0.25) is 9.69 Å². The quantitative estimate of drug-likeness (QED) is 0.718. The Morgan fingerprint density at radius 1 is 1.25 bits per heavy atom. The molecule has 2 aliphatic heterocycles. The third-order valence-electron chi connectivity index (χ3n) is 6.38. The maximum Gasteiger partial charge on any atom is 0.415 e.